The Morgan fingerprint density at radius 3 is 2.60 bits per heavy atom. The van der Waals surface area contributed by atoms with E-state index in [2.05, 4.69) is 64.0 Å². The molecule has 1 aromatic heterocycles. The van der Waals surface area contributed by atoms with Crippen molar-refractivity contribution in [2.75, 3.05) is 49.6 Å². The summed E-state index contributed by atoms with van der Waals surface area (Å²) in [6.07, 6.45) is 4.37. The highest BCUT2D eigenvalue weighted by Gasteiger charge is 2.23. The van der Waals surface area contributed by atoms with Gasteiger partial charge in [-0.25, -0.2) is 0 Å². The van der Waals surface area contributed by atoms with E-state index in [1.54, 1.807) is 0 Å². The van der Waals surface area contributed by atoms with Crippen LogP contribution in [0.15, 0.2) is 42.6 Å². The van der Waals surface area contributed by atoms with Crippen molar-refractivity contribution in [2.24, 2.45) is 0 Å². The molecule has 1 unspecified atom stereocenters. The molecule has 2 aromatic rings. The molecule has 0 radical (unpaired) electrons. The molecular formula is C21H28N4. The highest BCUT2D eigenvalue weighted by Crippen LogP contribution is 2.31. The molecule has 0 aliphatic carbocycles. The summed E-state index contributed by atoms with van der Waals surface area (Å²) in [5.41, 5.74) is 5.49. The molecule has 2 aliphatic rings. The maximum Gasteiger partial charge on any atom is 0.0572 e. The third-order valence-electron chi connectivity index (χ3n) is 5.76. The molecule has 0 bridgehead atoms. The zero-order valence-corrected chi connectivity index (χ0v) is 15.4. The summed E-state index contributed by atoms with van der Waals surface area (Å²) < 4.78 is 0. The minimum Gasteiger partial charge on any atom is -0.374 e. The van der Waals surface area contributed by atoms with Gasteiger partial charge in [-0.3, -0.25) is 9.88 Å². The third-order valence-corrected chi connectivity index (χ3v) is 5.76. The minimum absolute atomic E-state index is 0.389. The van der Waals surface area contributed by atoms with E-state index in [9.17, 15) is 0 Å². The van der Waals surface area contributed by atoms with Gasteiger partial charge in [0.2, 0.25) is 0 Å². The lowest BCUT2D eigenvalue weighted by Crippen LogP contribution is -2.47. The number of pyridine rings is 1. The molecular weight excluding hydrogens is 308 g/mol. The summed E-state index contributed by atoms with van der Waals surface area (Å²) in [5, 5.41) is 0. The lowest BCUT2D eigenvalue weighted by atomic mass is 10.0. The van der Waals surface area contributed by atoms with Gasteiger partial charge in [-0.1, -0.05) is 6.07 Å². The monoisotopic (exact) mass is 336 g/mol. The van der Waals surface area contributed by atoms with E-state index >= 15 is 0 Å². The molecule has 0 saturated carbocycles. The van der Waals surface area contributed by atoms with Gasteiger partial charge in [0.1, 0.15) is 0 Å². The Bertz CT molecular complexity index is 707. The molecule has 4 heteroatoms. The van der Waals surface area contributed by atoms with Crippen molar-refractivity contribution in [2.45, 2.75) is 25.8 Å². The van der Waals surface area contributed by atoms with Crippen molar-refractivity contribution >= 4 is 11.4 Å². The Morgan fingerprint density at radius 2 is 1.84 bits per heavy atom. The second-order valence-corrected chi connectivity index (χ2v) is 7.29. The van der Waals surface area contributed by atoms with Gasteiger partial charge in [0.25, 0.3) is 0 Å². The third kappa shape index (κ3) is 3.36. The van der Waals surface area contributed by atoms with Gasteiger partial charge < -0.3 is 9.80 Å². The Kier molecular flexibility index (Phi) is 4.62. The van der Waals surface area contributed by atoms with Crippen molar-refractivity contribution in [3.8, 4) is 0 Å². The highest BCUT2D eigenvalue weighted by atomic mass is 15.3. The summed E-state index contributed by atoms with van der Waals surface area (Å²) >= 11 is 0. The first-order chi connectivity index (χ1) is 12.2. The predicted octanol–water partition coefficient (Wildman–Crippen LogP) is 3.35. The standard InChI is InChI=1S/C21H28N4/c1-17(20-7-3-4-10-22-20)24-12-14-25(15-13-24)19-8-9-21-18(16-19)6-5-11-23(21)2/h3-4,7-10,16-17H,5-6,11-15H2,1-2H3. The van der Waals surface area contributed by atoms with Gasteiger partial charge >= 0.3 is 0 Å². The SMILES string of the molecule is CC(c1ccccn1)N1CCN(c2ccc3c(c2)CCCN3C)CC1. The Balaban J connectivity index is 1.42. The average Bonchev–Trinajstić information content (AvgIpc) is 2.68. The van der Waals surface area contributed by atoms with Gasteiger partial charge in [0.15, 0.2) is 0 Å². The van der Waals surface area contributed by atoms with E-state index in [1.165, 1.54) is 42.0 Å². The van der Waals surface area contributed by atoms with Gasteiger partial charge in [-0.2, -0.15) is 0 Å². The molecule has 4 nitrogen and oxygen atoms in total. The number of nitrogens with zero attached hydrogens (tertiary/aromatic N) is 4. The highest BCUT2D eigenvalue weighted by molar-refractivity contribution is 5.63. The van der Waals surface area contributed by atoms with Crippen LogP contribution >= 0.6 is 0 Å². The molecule has 25 heavy (non-hydrogen) atoms. The van der Waals surface area contributed by atoms with Gasteiger partial charge in [-0.15, -0.1) is 0 Å². The van der Waals surface area contributed by atoms with Crippen molar-refractivity contribution in [1.29, 1.82) is 0 Å². The van der Waals surface area contributed by atoms with E-state index in [-0.39, 0.29) is 0 Å². The largest absolute Gasteiger partial charge is 0.374 e. The second-order valence-electron chi connectivity index (χ2n) is 7.29. The smallest absolute Gasteiger partial charge is 0.0572 e. The molecule has 1 fully saturated rings. The van der Waals surface area contributed by atoms with Crippen LogP contribution in [0, 0.1) is 0 Å². The number of piperazine rings is 1. The molecule has 4 rings (SSSR count). The summed E-state index contributed by atoms with van der Waals surface area (Å²) in [4.78, 5) is 12.0. The van der Waals surface area contributed by atoms with E-state index in [1.807, 2.05) is 12.3 Å². The Hall–Kier alpha value is -2.07. The first kappa shape index (κ1) is 16.4. The molecule has 3 heterocycles. The van der Waals surface area contributed by atoms with Gasteiger partial charge in [-0.05, 0) is 55.7 Å². The zero-order chi connectivity index (χ0) is 17.2. The molecule has 1 aromatic carbocycles. The lowest BCUT2D eigenvalue weighted by Gasteiger charge is -2.39. The zero-order valence-electron chi connectivity index (χ0n) is 15.4. The number of hydrogen-bond donors (Lipinski definition) is 0. The van der Waals surface area contributed by atoms with Gasteiger partial charge in [0, 0.05) is 63.4 Å². The summed E-state index contributed by atoms with van der Waals surface area (Å²) in [6.45, 7) is 7.81. The molecule has 0 spiro atoms. The quantitative estimate of drug-likeness (QED) is 0.857. The second kappa shape index (κ2) is 7.04. The number of aromatic nitrogens is 1. The average molecular weight is 336 g/mol. The number of hydrogen-bond acceptors (Lipinski definition) is 4. The lowest BCUT2D eigenvalue weighted by molar-refractivity contribution is 0.195. The van der Waals surface area contributed by atoms with Crippen LogP contribution < -0.4 is 9.80 Å². The first-order valence-corrected chi connectivity index (χ1v) is 9.46. The predicted molar refractivity (Wildman–Crippen MR) is 104 cm³/mol. The van der Waals surface area contributed by atoms with Crippen LogP contribution in [0.25, 0.3) is 0 Å². The fourth-order valence-corrected chi connectivity index (χ4v) is 4.15. The number of benzene rings is 1. The summed E-state index contributed by atoms with van der Waals surface area (Å²) in [5.74, 6) is 0. The van der Waals surface area contributed by atoms with Crippen LogP contribution in [-0.2, 0) is 6.42 Å². The molecule has 1 saturated heterocycles. The van der Waals surface area contributed by atoms with Crippen LogP contribution in [-0.4, -0.2) is 49.7 Å². The summed E-state index contributed by atoms with van der Waals surface area (Å²) in [6, 6.07) is 13.6. The van der Waals surface area contributed by atoms with Crippen molar-refractivity contribution in [3.05, 3.63) is 53.9 Å². The van der Waals surface area contributed by atoms with Crippen LogP contribution in [0.4, 0.5) is 11.4 Å². The Labute approximate surface area is 151 Å². The molecule has 0 amide bonds. The number of fused-ring (bicyclic) bond motifs is 1. The minimum atomic E-state index is 0.389. The number of aryl methyl sites for hydroxylation is 1. The number of rotatable bonds is 3. The topological polar surface area (TPSA) is 22.6 Å². The molecule has 132 valence electrons. The maximum atomic E-state index is 4.53. The van der Waals surface area contributed by atoms with Crippen LogP contribution in [0.2, 0.25) is 0 Å². The van der Waals surface area contributed by atoms with E-state index in [0.717, 1.165) is 26.2 Å². The fourth-order valence-electron chi connectivity index (χ4n) is 4.15. The van der Waals surface area contributed by atoms with Crippen molar-refractivity contribution in [3.63, 3.8) is 0 Å². The van der Waals surface area contributed by atoms with Crippen LogP contribution in [0.5, 0.6) is 0 Å². The molecule has 1 atom stereocenters. The van der Waals surface area contributed by atoms with Crippen molar-refractivity contribution < 1.29 is 0 Å². The van der Waals surface area contributed by atoms with E-state index in [0.29, 0.717) is 6.04 Å². The van der Waals surface area contributed by atoms with Gasteiger partial charge in [0.05, 0.1) is 5.69 Å². The first-order valence-electron chi connectivity index (χ1n) is 9.46. The van der Waals surface area contributed by atoms with Crippen LogP contribution in [0.1, 0.15) is 30.6 Å². The van der Waals surface area contributed by atoms with E-state index in [4.69, 9.17) is 0 Å². The molecule has 0 N–H and O–H groups in total. The summed E-state index contributed by atoms with van der Waals surface area (Å²) in [7, 11) is 2.20. The van der Waals surface area contributed by atoms with E-state index < -0.39 is 0 Å². The van der Waals surface area contributed by atoms with Crippen LogP contribution in [0.3, 0.4) is 0 Å². The fraction of sp³-hybridized carbons (Fsp3) is 0.476. The van der Waals surface area contributed by atoms with Crippen molar-refractivity contribution in [1.82, 2.24) is 9.88 Å². The molecule has 2 aliphatic heterocycles. The normalized spacial score (nSPS) is 19.6. The maximum absolute atomic E-state index is 4.53. The number of anilines is 2. The Morgan fingerprint density at radius 1 is 1.00 bits per heavy atom.